The standard InChI is InChI=1S/C13H17N2O3S/c1-15(2)13(17)9-7-19-12-8(9)4-5-10(14-12)11(16)6-18-3/h8,12H,4-6H2,1-3H3. The first kappa shape index (κ1) is 14.3. The fourth-order valence-electron chi connectivity index (χ4n) is 2.21. The lowest BCUT2D eigenvalue weighted by atomic mass is 9.90. The molecule has 6 heteroatoms. The van der Waals surface area contributed by atoms with E-state index >= 15 is 0 Å². The number of carbonyl (C=O) groups is 2. The van der Waals surface area contributed by atoms with Crippen LogP contribution in [0.3, 0.4) is 0 Å². The van der Waals surface area contributed by atoms with Crippen molar-refractivity contribution in [3.63, 3.8) is 0 Å². The molecule has 2 rings (SSSR count). The van der Waals surface area contributed by atoms with E-state index < -0.39 is 0 Å². The molecular formula is C13H17N2O3S. The van der Waals surface area contributed by atoms with Crippen molar-refractivity contribution in [3.05, 3.63) is 11.0 Å². The summed E-state index contributed by atoms with van der Waals surface area (Å²) < 4.78 is 4.84. The average molecular weight is 281 g/mol. The molecule has 2 unspecified atom stereocenters. The molecule has 0 bridgehead atoms. The maximum atomic E-state index is 12.0. The van der Waals surface area contributed by atoms with Crippen LogP contribution < -0.4 is 0 Å². The van der Waals surface area contributed by atoms with Gasteiger partial charge in [0.05, 0.1) is 5.71 Å². The molecule has 2 aliphatic heterocycles. The molecular weight excluding hydrogens is 264 g/mol. The summed E-state index contributed by atoms with van der Waals surface area (Å²) in [6.45, 7) is 0.0709. The highest BCUT2D eigenvalue weighted by Gasteiger charge is 2.38. The Balaban J connectivity index is 2.09. The van der Waals surface area contributed by atoms with E-state index in [4.69, 9.17) is 4.74 Å². The molecule has 103 valence electrons. The Morgan fingerprint density at radius 1 is 1.53 bits per heavy atom. The number of fused-ring (bicyclic) bond motifs is 1. The molecule has 0 spiro atoms. The fourth-order valence-corrected chi connectivity index (χ4v) is 3.31. The number of methoxy groups -OCH3 is 1. The van der Waals surface area contributed by atoms with Crippen LogP contribution in [0, 0.1) is 11.3 Å². The minimum Gasteiger partial charge on any atom is -0.376 e. The lowest BCUT2D eigenvalue weighted by molar-refractivity contribution is -0.125. The van der Waals surface area contributed by atoms with Crippen LogP contribution in [0.25, 0.3) is 0 Å². The van der Waals surface area contributed by atoms with Crippen LogP contribution in [0.2, 0.25) is 0 Å². The number of rotatable bonds is 4. The monoisotopic (exact) mass is 281 g/mol. The Morgan fingerprint density at radius 3 is 2.89 bits per heavy atom. The van der Waals surface area contributed by atoms with Crippen LogP contribution in [-0.2, 0) is 14.3 Å². The van der Waals surface area contributed by atoms with Crippen LogP contribution in [0.15, 0.2) is 10.6 Å². The molecule has 0 aromatic rings. The van der Waals surface area contributed by atoms with Crippen molar-refractivity contribution in [1.82, 2.24) is 4.90 Å². The fraction of sp³-hybridized carbons (Fsp3) is 0.615. The van der Waals surface area contributed by atoms with Gasteiger partial charge in [0.2, 0.25) is 5.78 Å². The molecule has 0 aromatic carbocycles. The number of carbonyl (C=O) groups excluding carboxylic acids is 2. The molecule has 2 aliphatic rings. The molecule has 1 radical (unpaired) electrons. The van der Waals surface area contributed by atoms with Gasteiger partial charge in [-0.1, -0.05) is 11.8 Å². The molecule has 2 heterocycles. The highest BCUT2D eigenvalue weighted by Crippen LogP contribution is 2.41. The van der Waals surface area contributed by atoms with Crippen molar-refractivity contribution >= 4 is 29.2 Å². The SMILES string of the molecule is COCC(=O)C1=NC2S[C]=C(C(=O)N(C)C)C2CC1. The van der Waals surface area contributed by atoms with E-state index in [2.05, 4.69) is 10.4 Å². The quantitative estimate of drug-likeness (QED) is 0.768. The van der Waals surface area contributed by atoms with E-state index in [1.807, 2.05) is 0 Å². The van der Waals surface area contributed by atoms with Crippen LogP contribution in [0.1, 0.15) is 12.8 Å². The molecule has 2 atom stereocenters. The number of nitrogens with zero attached hydrogens (tertiary/aromatic N) is 2. The van der Waals surface area contributed by atoms with E-state index in [0.29, 0.717) is 17.7 Å². The number of hydrogen-bond acceptors (Lipinski definition) is 5. The molecule has 0 fully saturated rings. The molecule has 5 nitrogen and oxygen atoms in total. The third-order valence-electron chi connectivity index (χ3n) is 3.21. The van der Waals surface area contributed by atoms with Crippen molar-refractivity contribution in [2.45, 2.75) is 18.2 Å². The number of ketones is 1. The Kier molecular flexibility index (Phi) is 4.42. The topological polar surface area (TPSA) is 59.0 Å². The molecule has 1 amide bonds. The summed E-state index contributed by atoms with van der Waals surface area (Å²) in [5.41, 5.74) is 1.28. The van der Waals surface area contributed by atoms with Crippen molar-refractivity contribution < 1.29 is 14.3 Å². The Morgan fingerprint density at radius 2 is 2.26 bits per heavy atom. The van der Waals surface area contributed by atoms with E-state index in [9.17, 15) is 9.59 Å². The van der Waals surface area contributed by atoms with Gasteiger partial charge in [-0.25, -0.2) is 0 Å². The van der Waals surface area contributed by atoms with Gasteiger partial charge in [0.15, 0.2) is 0 Å². The molecule has 0 saturated heterocycles. The minimum atomic E-state index is -0.0801. The number of Topliss-reactive ketones (excluding diaryl/α,β-unsaturated/α-hetero) is 1. The second-order valence-corrected chi connectivity index (χ2v) is 5.72. The average Bonchev–Trinajstić information content (AvgIpc) is 2.80. The van der Waals surface area contributed by atoms with Crippen LogP contribution in [-0.4, -0.2) is 55.5 Å². The lowest BCUT2D eigenvalue weighted by Gasteiger charge is -2.25. The molecule has 0 aromatic heterocycles. The second kappa shape index (κ2) is 5.88. The molecule has 19 heavy (non-hydrogen) atoms. The van der Waals surface area contributed by atoms with Crippen LogP contribution in [0.4, 0.5) is 0 Å². The molecule has 0 saturated carbocycles. The van der Waals surface area contributed by atoms with E-state index in [1.165, 1.54) is 18.9 Å². The van der Waals surface area contributed by atoms with Gasteiger partial charge in [-0.3, -0.25) is 14.6 Å². The number of hydrogen-bond donors (Lipinski definition) is 0. The van der Waals surface area contributed by atoms with Gasteiger partial charge in [0, 0.05) is 38.1 Å². The largest absolute Gasteiger partial charge is 0.376 e. The van der Waals surface area contributed by atoms with Gasteiger partial charge in [-0.05, 0) is 12.8 Å². The zero-order valence-electron chi connectivity index (χ0n) is 11.3. The summed E-state index contributed by atoms with van der Waals surface area (Å²) in [5.74, 6) is 0.00907. The first-order valence-electron chi connectivity index (χ1n) is 6.13. The van der Waals surface area contributed by atoms with E-state index in [0.717, 1.165) is 6.42 Å². The first-order chi connectivity index (χ1) is 9.04. The van der Waals surface area contributed by atoms with E-state index in [-0.39, 0.29) is 29.6 Å². The zero-order chi connectivity index (χ0) is 14.0. The summed E-state index contributed by atoms with van der Waals surface area (Å²) in [4.78, 5) is 29.7. The maximum Gasteiger partial charge on any atom is 0.250 e. The Labute approximate surface area is 117 Å². The highest BCUT2D eigenvalue weighted by molar-refractivity contribution is 8.01. The van der Waals surface area contributed by atoms with Crippen LogP contribution in [0.5, 0.6) is 0 Å². The number of amides is 1. The van der Waals surface area contributed by atoms with Crippen molar-refractivity contribution in [2.75, 3.05) is 27.8 Å². The van der Waals surface area contributed by atoms with Gasteiger partial charge in [-0.2, -0.15) is 0 Å². The number of likely N-dealkylation sites (N-methyl/N-ethyl adjacent to an activating group) is 1. The third kappa shape index (κ3) is 2.90. The first-order valence-corrected chi connectivity index (χ1v) is 7.01. The number of thioether (sulfide) groups is 1. The maximum absolute atomic E-state index is 12.0. The summed E-state index contributed by atoms with van der Waals surface area (Å²) >= 11 is 1.40. The second-order valence-electron chi connectivity index (χ2n) is 4.80. The zero-order valence-corrected chi connectivity index (χ0v) is 12.1. The Hall–Kier alpha value is -1.14. The van der Waals surface area contributed by atoms with Crippen molar-refractivity contribution in [1.29, 1.82) is 0 Å². The number of aliphatic imine (C=N–C) groups is 1. The highest BCUT2D eigenvalue weighted by atomic mass is 32.2. The molecule has 0 N–H and O–H groups in total. The summed E-state index contributed by atoms with van der Waals surface area (Å²) in [6.07, 6.45) is 1.38. The minimum absolute atomic E-state index is 0.0122. The van der Waals surface area contributed by atoms with Gasteiger partial charge in [-0.15, -0.1) is 0 Å². The lowest BCUT2D eigenvalue weighted by Crippen LogP contribution is -2.33. The Bertz CT molecular complexity index is 457. The summed E-state index contributed by atoms with van der Waals surface area (Å²) in [7, 11) is 4.96. The van der Waals surface area contributed by atoms with Gasteiger partial charge >= 0.3 is 0 Å². The number of ether oxygens (including phenoxy) is 1. The van der Waals surface area contributed by atoms with Gasteiger partial charge in [0.25, 0.3) is 5.91 Å². The predicted molar refractivity (Wildman–Crippen MR) is 73.9 cm³/mol. The molecule has 0 aliphatic carbocycles. The van der Waals surface area contributed by atoms with Crippen molar-refractivity contribution in [2.24, 2.45) is 10.9 Å². The normalized spacial score (nSPS) is 25.4. The van der Waals surface area contributed by atoms with Crippen molar-refractivity contribution in [3.8, 4) is 0 Å². The van der Waals surface area contributed by atoms with E-state index in [1.54, 1.807) is 19.0 Å². The third-order valence-corrected chi connectivity index (χ3v) is 4.23. The van der Waals surface area contributed by atoms with Gasteiger partial charge < -0.3 is 9.64 Å². The van der Waals surface area contributed by atoms with Gasteiger partial charge in [0.1, 0.15) is 12.0 Å². The smallest absolute Gasteiger partial charge is 0.250 e. The van der Waals surface area contributed by atoms with Crippen LogP contribution >= 0.6 is 11.8 Å². The summed E-state index contributed by atoms with van der Waals surface area (Å²) in [6, 6.07) is 0. The summed E-state index contributed by atoms with van der Waals surface area (Å²) in [5, 5.41) is 2.98. The predicted octanol–water partition coefficient (Wildman–Crippen LogP) is 0.901.